The molecule has 4 aromatic rings. The van der Waals surface area contributed by atoms with Gasteiger partial charge in [-0.1, -0.05) is 24.3 Å². The molecule has 0 aliphatic heterocycles. The van der Waals surface area contributed by atoms with Crippen LogP contribution in [0.25, 0.3) is 32.0 Å². The molecule has 1 aliphatic carbocycles. The highest BCUT2D eigenvalue weighted by atomic mass is 32.1. The van der Waals surface area contributed by atoms with Crippen molar-refractivity contribution in [2.45, 2.75) is 57.5 Å². The highest BCUT2D eigenvalue weighted by Gasteiger charge is 2.80. The molecule has 2 aromatic heterocycles. The first-order valence-corrected chi connectivity index (χ1v) is 30.4. The first-order valence-electron chi connectivity index (χ1n) is 28.8. The molecule has 2 atom stereocenters. The lowest BCUT2D eigenvalue weighted by Crippen LogP contribution is -2.48. The Hall–Kier alpha value is -4.46. The smallest absolute Gasteiger partial charge is 0.380 e. The van der Waals surface area contributed by atoms with Crippen molar-refractivity contribution in [2.24, 2.45) is 0 Å². The lowest BCUT2D eigenvalue weighted by atomic mass is 9.94. The third-order valence-corrected chi connectivity index (χ3v) is 15.2. The van der Waals surface area contributed by atoms with Gasteiger partial charge in [0.2, 0.25) is 0 Å². The van der Waals surface area contributed by atoms with Crippen LogP contribution in [-0.2, 0) is 66.3 Å². The summed E-state index contributed by atoms with van der Waals surface area (Å²) in [6.45, 7) is 17.0. The second-order valence-electron chi connectivity index (χ2n) is 19.8. The minimum absolute atomic E-state index is 0.110. The number of alkyl halides is 6. The van der Waals surface area contributed by atoms with E-state index in [-0.39, 0.29) is 59.4 Å². The van der Waals surface area contributed by atoms with Gasteiger partial charge in [-0.2, -0.15) is 26.3 Å². The molecule has 0 bridgehead atoms. The summed E-state index contributed by atoms with van der Waals surface area (Å²) in [7, 11) is 3.23. The van der Waals surface area contributed by atoms with E-state index in [1.54, 1.807) is 52.3 Å². The molecule has 26 heteroatoms. The van der Waals surface area contributed by atoms with Crippen LogP contribution in [0.15, 0.2) is 60.7 Å². The van der Waals surface area contributed by atoms with E-state index in [2.05, 4.69) is 10.6 Å². The fourth-order valence-corrected chi connectivity index (χ4v) is 10.5. The topological polar surface area (TPSA) is 187 Å². The van der Waals surface area contributed by atoms with Crippen LogP contribution in [0.1, 0.15) is 55.4 Å². The number of allylic oxidation sites excluding steroid dienone is 2. The lowest BCUT2D eigenvalue weighted by molar-refractivity contribution is -0.254. The Labute approximate surface area is 513 Å². The van der Waals surface area contributed by atoms with E-state index in [1.165, 1.54) is 50.2 Å². The molecule has 488 valence electrons. The first-order chi connectivity index (χ1) is 41.9. The third kappa shape index (κ3) is 23.7. The molecule has 18 nitrogen and oxygen atoms in total. The van der Waals surface area contributed by atoms with Crippen molar-refractivity contribution < 1.29 is 102 Å². The number of carbonyl (C=O) groups excluding carboxylic acids is 2. The van der Waals surface area contributed by atoms with Gasteiger partial charge < -0.3 is 76.9 Å². The molecule has 5 rings (SSSR count). The average molecular weight is 1280 g/mol. The van der Waals surface area contributed by atoms with Crippen molar-refractivity contribution >= 4 is 45.6 Å². The Morgan fingerprint density at radius 2 is 0.644 bits per heavy atom. The van der Waals surface area contributed by atoms with Crippen molar-refractivity contribution in [3.8, 4) is 20.9 Å². The molecule has 0 saturated carbocycles. The van der Waals surface area contributed by atoms with Crippen LogP contribution >= 0.6 is 22.7 Å². The molecule has 0 radical (unpaired) electrons. The number of carbonyl (C=O) groups is 2. The molecule has 0 unspecified atom stereocenters. The van der Waals surface area contributed by atoms with E-state index in [4.69, 9.17) is 66.3 Å². The maximum Gasteiger partial charge on any atom is 0.380 e. The summed E-state index contributed by atoms with van der Waals surface area (Å²) in [6.07, 6.45) is 0. The number of thiophene rings is 2. The summed E-state index contributed by atoms with van der Waals surface area (Å²) < 4.78 is 171. The van der Waals surface area contributed by atoms with Crippen LogP contribution in [0.5, 0.6) is 0 Å². The fourth-order valence-electron chi connectivity index (χ4n) is 8.45. The zero-order valence-corrected chi connectivity index (χ0v) is 52.1. The fraction of sp³-hybridized carbons (Fsp3) is 0.607. The Balaban J connectivity index is 1.04. The highest BCUT2D eigenvalue weighted by molar-refractivity contribution is 7.16. The average Bonchev–Trinajstić information content (AvgIpc) is 1.54. The molecule has 87 heavy (non-hydrogen) atoms. The Kier molecular flexibility index (Phi) is 33.4. The van der Waals surface area contributed by atoms with E-state index >= 15 is 26.3 Å². The molecule has 0 spiro atoms. The number of benzene rings is 2. The maximum absolute atomic E-state index is 16.1. The van der Waals surface area contributed by atoms with Crippen LogP contribution in [0.2, 0.25) is 0 Å². The van der Waals surface area contributed by atoms with E-state index in [0.29, 0.717) is 166 Å². The number of hydrogen-bond acceptors (Lipinski definition) is 18. The van der Waals surface area contributed by atoms with Crippen molar-refractivity contribution in [3.63, 3.8) is 0 Å². The molecular weight excluding hydrogens is 1190 g/mol. The Morgan fingerprint density at radius 3 is 0.897 bits per heavy atom. The molecule has 2 amide bonds. The summed E-state index contributed by atoms with van der Waals surface area (Å²) in [6, 6.07) is 14.0. The molecule has 2 aromatic carbocycles. The van der Waals surface area contributed by atoms with Gasteiger partial charge in [-0.3, -0.25) is 9.59 Å². The molecule has 2 heterocycles. The van der Waals surface area contributed by atoms with Crippen molar-refractivity contribution in [3.05, 3.63) is 92.7 Å². The number of methoxy groups -OCH3 is 2. The van der Waals surface area contributed by atoms with Gasteiger partial charge in [0, 0.05) is 68.1 Å². The zero-order chi connectivity index (χ0) is 62.9. The van der Waals surface area contributed by atoms with E-state index < -0.39 is 51.9 Å². The summed E-state index contributed by atoms with van der Waals surface area (Å²) in [5.74, 6) is -17.1. The van der Waals surface area contributed by atoms with E-state index in [1.807, 2.05) is 0 Å². The normalized spacial score (nSPS) is 15.1. The van der Waals surface area contributed by atoms with Crippen LogP contribution in [0.4, 0.5) is 26.3 Å². The molecule has 0 fully saturated rings. The summed E-state index contributed by atoms with van der Waals surface area (Å²) >= 11 is 1.94. The molecule has 1 aliphatic rings. The number of hydrogen-bond donors (Lipinski definition) is 2. The van der Waals surface area contributed by atoms with Crippen LogP contribution < -0.4 is 10.6 Å². The predicted octanol–water partition coefficient (Wildman–Crippen LogP) is 9.32. The first kappa shape index (κ1) is 73.3. The molecule has 0 saturated heterocycles. The molecule has 2 N–H and O–H groups in total. The Morgan fingerprint density at radius 1 is 0.402 bits per heavy atom. The van der Waals surface area contributed by atoms with Crippen LogP contribution in [-0.4, -0.2) is 228 Å². The minimum Gasteiger partial charge on any atom is -0.382 e. The number of aryl methyl sites for hydroxylation is 2. The summed E-state index contributed by atoms with van der Waals surface area (Å²) in [4.78, 5) is 27.1. The van der Waals surface area contributed by atoms with Crippen LogP contribution in [0, 0.1) is 13.8 Å². The largest absolute Gasteiger partial charge is 0.382 e. The van der Waals surface area contributed by atoms with Gasteiger partial charge >= 0.3 is 17.8 Å². The monoisotopic (exact) mass is 1280 g/mol. The quantitative estimate of drug-likeness (QED) is 0.0314. The zero-order valence-electron chi connectivity index (χ0n) is 50.4. The van der Waals surface area contributed by atoms with Crippen molar-refractivity contribution in [2.75, 3.05) is 186 Å². The Bertz CT molecular complexity index is 2450. The van der Waals surface area contributed by atoms with Gasteiger partial charge in [0.25, 0.3) is 11.8 Å². The van der Waals surface area contributed by atoms with Gasteiger partial charge in [-0.25, -0.2) is 0 Å². The molecular formula is C61H84F6N2O16S2. The number of ether oxygens (including phenoxy) is 14. The number of amides is 2. The van der Waals surface area contributed by atoms with E-state index in [9.17, 15) is 9.59 Å². The van der Waals surface area contributed by atoms with E-state index in [0.717, 1.165) is 22.7 Å². The second-order valence-corrected chi connectivity index (χ2v) is 22.3. The number of halogens is 6. The van der Waals surface area contributed by atoms with Gasteiger partial charge in [-0.15, -0.1) is 22.7 Å². The third-order valence-electron chi connectivity index (χ3n) is 13.0. The summed E-state index contributed by atoms with van der Waals surface area (Å²) in [5.41, 5.74) is -2.36. The maximum atomic E-state index is 16.1. The van der Waals surface area contributed by atoms with Gasteiger partial charge in [0.15, 0.2) is 0 Å². The van der Waals surface area contributed by atoms with Crippen LogP contribution in [0.3, 0.4) is 0 Å². The van der Waals surface area contributed by atoms with Crippen molar-refractivity contribution in [1.82, 2.24) is 10.6 Å². The minimum atomic E-state index is -5.77. The van der Waals surface area contributed by atoms with Crippen molar-refractivity contribution in [1.29, 1.82) is 0 Å². The summed E-state index contributed by atoms with van der Waals surface area (Å²) in [5, 5.41) is 5.69. The lowest BCUT2D eigenvalue weighted by Gasteiger charge is -2.25. The highest BCUT2D eigenvalue weighted by Crippen LogP contribution is 2.66. The van der Waals surface area contributed by atoms with Gasteiger partial charge in [0.05, 0.1) is 172 Å². The standard InChI is InChI=1S/C61H84F6N2O16S2/c1-43(41-84-37-35-82-33-31-80-29-27-78-25-23-76-21-19-74-17-15-72-5)68-57(70)49-11-7-47(8-12-49)53-39-51(45(3)86-53)55-56(60(64,65)61(66,67)59(55,62)63)52-40-54(87-46(52)4)48-9-13-50(14-10-48)58(71)69-44(2)42-85-38-36-83-34-32-81-30-28-79-26-24-77-22-20-75-18-16-73-6/h7-14,39-40,43-44H,15-38,41-42H2,1-6H3,(H,68,70)(H,69,71)/t43-,44-/m0/s1. The van der Waals surface area contributed by atoms with Gasteiger partial charge in [0.1, 0.15) is 0 Å². The SMILES string of the molecule is COCCOCCOCCOCCOCCOCCOC[C@H](C)NC(=O)c1ccc(-c2cc(C3=C(c4cc(-c5ccc(C(=O)N[C@@H](C)COCCOCCOCCOCCOCCOCCOC)cc5)sc4C)C(F)(F)C(F)(F)C3(F)F)c(C)s2)cc1. The predicted molar refractivity (Wildman–Crippen MR) is 318 cm³/mol. The van der Waals surface area contributed by atoms with Gasteiger partial charge in [-0.05, 0) is 86.3 Å². The number of nitrogens with one attached hydrogen (secondary N) is 2. The second kappa shape index (κ2) is 39.6. The number of rotatable bonds is 48.